The molecule has 1 aromatic rings. The Morgan fingerprint density at radius 1 is 1.02 bits per heavy atom. The standard InChI is InChI=1S/C23H34FN2O13P/c1-13(27)38-15-8-17(26-9-14(24)18(28)25-21(26)31)39-16(15)10-35-40(32,36-11-33-19(29)22(2,3)4)37-12-34-20(30)23(5,6)7/h9,15-17H,8,10-12H2,1-7H3,(H,25,28,31)/t15-,16+,17+/m0/s1. The van der Waals surface area contributed by atoms with Gasteiger partial charge in [-0.1, -0.05) is 0 Å². The van der Waals surface area contributed by atoms with E-state index in [9.17, 15) is 32.9 Å². The minimum atomic E-state index is -4.62. The van der Waals surface area contributed by atoms with Gasteiger partial charge >= 0.3 is 31.4 Å². The SMILES string of the molecule is CC(=O)O[C@H]1C[C@H](n2cc(F)c(=O)[nH]c2=O)O[C@@H]1COP(=O)(OCOC(=O)C(C)(C)C)OCOC(=O)C(C)(C)C. The van der Waals surface area contributed by atoms with E-state index in [2.05, 4.69) is 0 Å². The first-order valence-corrected chi connectivity index (χ1v) is 13.5. The number of hydrogen-bond donors (Lipinski definition) is 1. The van der Waals surface area contributed by atoms with E-state index in [0.29, 0.717) is 6.20 Å². The number of nitrogens with zero attached hydrogens (tertiary/aromatic N) is 1. The summed E-state index contributed by atoms with van der Waals surface area (Å²) in [6.45, 7) is 8.25. The fraction of sp³-hybridized carbons (Fsp3) is 0.696. The molecule has 1 saturated heterocycles. The smallest absolute Gasteiger partial charge is 0.460 e. The monoisotopic (exact) mass is 596 g/mol. The summed E-state index contributed by atoms with van der Waals surface area (Å²) in [6.07, 6.45) is -3.01. The molecule has 1 fully saturated rings. The highest BCUT2D eigenvalue weighted by Gasteiger charge is 2.42. The van der Waals surface area contributed by atoms with E-state index in [0.717, 1.165) is 11.5 Å². The molecule has 226 valence electrons. The maximum Gasteiger partial charge on any atom is 0.480 e. The highest BCUT2D eigenvalue weighted by Crippen LogP contribution is 2.50. The third kappa shape index (κ3) is 9.63. The molecular weight excluding hydrogens is 562 g/mol. The number of rotatable bonds is 11. The Balaban J connectivity index is 2.18. The Kier molecular flexibility index (Phi) is 11.0. The van der Waals surface area contributed by atoms with Crippen LogP contribution in [0.25, 0.3) is 0 Å². The average Bonchev–Trinajstić information content (AvgIpc) is 3.20. The van der Waals surface area contributed by atoms with Crippen molar-refractivity contribution in [1.82, 2.24) is 9.55 Å². The minimum Gasteiger partial charge on any atom is -0.460 e. The molecule has 0 unspecified atom stereocenters. The maximum atomic E-state index is 13.8. The summed E-state index contributed by atoms with van der Waals surface area (Å²) in [5, 5.41) is 0. The quantitative estimate of drug-likeness (QED) is 0.170. The van der Waals surface area contributed by atoms with Gasteiger partial charge in [-0.05, 0) is 41.5 Å². The average molecular weight is 596 g/mol. The van der Waals surface area contributed by atoms with Crippen LogP contribution in [0.2, 0.25) is 0 Å². The highest BCUT2D eigenvalue weighted by atomic mass is 31.2. The van der Waals surface area contributed by atoms with Gasteiger partial charge in [-0.3, -0.25) is 33.3 Å². The second-order valence-electron chi connectivity index (χ2n) is 10.8. The lowest BCUT2D eigenvalue weighted by Gasteiger charge is -2.23. The molecule has 1 aliphatic rings. The number of halogens is 1. The molecule has 15 nitrogen and oxygen atoms in total. The van der Waals surface area contributed by atoms with E-state index in [1.54, 1.807) is 46.5 Å². The van der Waals surface area contributed by atoms with Crippen LogP contribution in [0.4, 0.5) is 4.39 Å². The number of carbonyl (C=O) groups is 3. The van der Waals surface area contributed by atoms with Crippen LogP contribution in [-0.4, -0.2) is 59.9 Å². The Morgan fingerprint density at radius 3 is 2.02 bits per heavy atom. The predicted octanol–water partition coefficient (Wildman–Crippen LogP) is 2.15. The summed E-state index contributed by atoms with van der Waals surface area (Å²) < 4.78 is 64.0. The number of esters is 3. The molecule has 0 bridgehead atoms. The first kappa shape index (κ1) is 33.3. The van der Waals surface area contributed by atoms with Crippen LogP contribution in [-0.2, 0) is 51.5 Å². The summed E-state index contributed by atoms with van der Waals surface area (Å²) in [7, 11) is -4.62. The van der Waals surface area contributed by atoms with Gasteiger partial charge in [0.2, 0.25) is 19.4 Å². The molecule has 1 N–H and O–H groups in total. The number of ether oxygens (including phenoxy) is 4. The molecule has 3 atom stereocenters. The number of phosphoric acid groups is 1. The number of aromatic amines is 1. The van der Waals surface area contributed by atoms with E-state index in [4.69, 9.17) is 32.5 Å². The Morgan fingerprint density at radius 2 is 1.55 bits per heavy atom. The lowest BCUT2D eigenvalue weighted by atomic mass is 9.98. The zero-order chi connectivity index (χ0) is 30.5. The van der Waals surface area contributed by atoms with Crippen LogP contribution >= 0.6 is 7.82 Å². The van der Waals surface area contributed by atoms with Gasteiger partial charge in [0.25, 0.3) is 5.56 Å². The normalized spacial score (nSPS) is 19.8. The molecule has 0 radical (unpaired) electrons. The highest BCUT2D eigenvalue weighted by molar-refractivity contribution is 7.48. The number of H-pyrrole nitrogens is 1. The van der Waals surface area contributed by atoms with Crippen molar-refractivity contribution < 1.29 is 55.9 Å². The van der Waals surface area contributed by atoms with E-state index in [1.165, 1.54) is 0 Å². The Labute approximate surface area is 228 Å². The minimum absolute atomic E-state index is 0.169. The summed E-state index contributed by atoms with van der Waals surface area (Å²) in [5.41, 5.74) is -4.02. The number of phosphoric ester groups is 1. The zero-order valence-corrected chi connectivity index (χ0v) is 24.1. The van der Waals surface area contributed by atoms with Crippen molar-refractivity contribution in [2.75, 3.05) is 20.2 Å². The number of nitrogens with one attached hydrogen (secondary N) is 1. The zero-order valence-electron chi connectivity index (χ0n) is 23.2. The molecule has 1 aliphatic heterocycles. The third-order valence-electron chi connectivity index (χ3n) is 5.16. The van der Waals surface area contributed by atoms with Crippen molar-refractivity contribution in [3.05, 3.63) is 32.9 Å². The summed E-state index contributed by atoms with van der Waals surface area (Å²) in [5.74, 6) is -3.35. The Hall–Kier alpha value is -2.91. The fourth-order valence-electron chi connectivity index (χ4n) is 3.03. The van der Waals surface area contributed by atoms with Crippen molar-refractivity contribution >= 4 is 25.7 Å². The number of hydrogen-bond acceptors (Lipinski definition) is 13. The van der Waals surface area contributed by atoms with E-state index < -0.39 is 92.3 Å². The van der Waals surface area contributed by atoms with Crippen LogP contribution in [0.5, 0.6) is 0 Å². The van der Waals surface area contributed by atoms with Gasteiger partial charge in [0.15, 0.2) is 0 Å². The molecule has 0 aromatic carbocycles. The molecule has 2 rings (SSSR count). The molecular formula is C23H34FN2O13P. The van der Waals surface area contributed by atoms with Gasteiger partial charge in [-0.15, -0.1) is 0 Å². The number of aromatic nitrogens is 2. The topological polar surface area (TPSA) is 188 Å². The molecule has 0 amide bonds. The molecule has 17 heteroatoms. The lowest BCUT2D eigenvalue weighted by Crippen LogP contribution is -2.34. The van der Waals surface area contributed by atoms with Gasteiger partial charge in [0.1, 0.15) is 18.4 Å². The fourth-order valence-corrected chi connectivity index (χ4v) is 3.95. The largest absolute Gasteiger partial charge is 0.480 e. The van der Waals surface area contributed by atoms with Crippen LogP contribution in [0.3, 0.4) is 0 Å². The first-order valence-electron chi connectivity index (χ1n) is 12.0. The molecule has 0 spiro atoms. The van der Waals surface area contributed by atoms with E-state index in [1.807, 2.05) is 0 Å². The van der Waals surface area contributed by atoms with E-state index >= 15 is 0 Å². The van der Waals surface area contributed by atoms with E-state index in [-0.39, 0.29) is 6.42 Å². The van der Waals surface area contributed by atoms with Gasteiger partial charge in [-0.25, -0.2) is 18.4 Å². The first-order chi connectivity index (χ1) is 18.3. The van der Waals surface area contributed by atoms with Crippen molar-refractivity contribution in [2.24, 2.45) is 10.8 Å². The van der Waals surface area contributed by atoms with Crippen LogP contribution in [0, 0.1) is 16.6 Å². The van der Waals surface area contributed by atoms with Gasteiger partial charge < -0.3 is 18.9 Å². The third-order valence-corrected chi connectivity index (χ3v) is 6.46. The van der Waals surface area contributed by atoms with Crippen molar-refractivity contribution in [1.29, 1.82) is 0 Å². The van der Waals surface area contributed by atoms with Crippen molar-refractivity contribution in [2.45, 2.75) is 73.3 Å². The van der Waals surface area contributed by atoms with Gasteiger partial charge in [0.05, 0.1) is 23.6 Å². The molecule has 0 saturated carbocycles. The summed E-state index contributed by atoms with van der Waals surface area (Å²) in [4.78, 5) is 61.0. The predicted molar refractivity (Wildman–Crippen MR) is 132 cm³/mol. The van der Waals surface area contributed by atoms with Crippen LogP contribution in [0.1, 0.15) is 61.1 Å². The second-order valence-corrected chi connectivity index (χ2v) is 12.4. The van der Waals surface area contributed by atoms with Crippen LogP contribution < -0.4 is 11.2 Å². The maximum absolute atomic E-state index is 13.8. The van der Waals surface area contributed by atoms with Crippen LogP contribution in [0.15, 0.2) is 15.8 Å². The summed E-state index contributed by atoms with van der Waals surface area (Å²) >= 11 is 0. The molecule has 1 aromatic heterocycles. The molecule has 2 heterocycles. The Bertz CT molecular complexity index is 1210. The van der Waals surface area contributed by atoms with Gasteiger partial charge in [0, 0.05) is 13.3 Å². The summed E-state index contributed by atoms with van der Waals surface area (Å²) in [6, 6.07) is 0. The van der Waals surface area contributed by atoms with Crippen molar-refractivity contribution in [3.63, 3.8) is 0 Å². The molecule has 0 aliphatic carbocycles. The second kappa shape index (κ2) is 13.2. The van der Waals surface area contributed by atoms with Crippen molar-refractivity contribution in [3.8, 4) is 0 Å². The van der Waals surface area contributed by atoms with Gasteiger partial charge in [-0.2, -0.15) is 4.39 Å². The molecule has 40 heavy (non-hydrogen) atoms. The number of carbonyl (C=O) groups excluding carboxylic acids is 3. The lowest BCUT2D eigenvalue weighted by molar-refractivity contribution is -0.163.